The molecule has 2 N–H and O–H groups in total. The molecule has 1 aromatic rings. The van der Waals surface area contributed by atoms with Crippen LogP contribution in [-0.4, -0.2) is 80.8 Å². The maximum atomic E-state index is 13.4. The third-order valence-corrected chi connectivity index (χ3v) is 5.88. The molecule has 2 atom stereocenters. The summed E-state index contributed by atoms with van der Waals surface area (Å²) in [5.74, 6) is 0.634. The van der Waals surface area contributed by atoms with Crippen molar-refractivity contribution in [3.63, 3.8) is 0 Å². The van der Waals surface area contributed by atoms with E-state index in [4.69, 9.17) is 9.73 Å². The number of rotatable bonds is 9. The summed E-state index contributed by atoms with van der Waals surface area (Å²) in [5, 5.41) is 6.87. The first-order chi connectivity index (χ1) is 14.1. The maximum Gasteiger partial charge on any atom is 0.191 e. The number of hydrogen-bond acceptors (Lipinski definition) is 4. The van der Waals surface area contributed by atoms with Gasteiger partial charge in [-0.1, -0.05) is 12.1 Å². The molecule has 0 bridgehead atoms. The van der Waals surface area contributed by atoms with Gasteiger partial charge in [-0.15, -0.1) is 24.0 Å². The fraction of sp³-hybridized carbons (Fsp3) is 0.682. The summed E-state index contributed by atoms with van der Waals surface area (Å²) in [4.78, 5) is 9.65. The van der Waals surface area contributed by atoms with Crippen molar-refractivity contribution in [1.82, 2.24) is 20.4 Å². The molecule has 8 heteroatoms. The van der Waals surface area contributed by atoms with Crippen molar-refractivity contribution in [3.8, 4) is 0 Å². The number of nitrogens with one attached hydrogen (secondary N) is 2. The molecule has 0 radical (unpaired) electrons. The van der Waals surface area contributed by atoms with E-state index >= 15 is 0 Å². The molecule has 1 aliphatic carbocycles. The minimum atomic E-state index is -0.203. The molecule has 0 amide bonds. The van der Waals surface area contributed by atoms with Crippen molar-refractivity contribution in [3.05, 3.63) is 35.6 Å². The largest absolute Gasteiger partial charge is 0.379 e. The Morgan fingerprint density at radius 3 is 2.50 bits per heavy atom. The Kier molecular flexibility index (Phi) is 10.8. The third-order valence-electron chi connectivity index (χ3n) is 5.88. The standard InChI is InChI=1S/C22H36FN5O.HI/c1-4-24-22(25-15-17(2)27(3)20-9-10-20)26-16-21(28-11-13-29-14-12-28)18-5-7-19(23)8-6-18;/h5-8,17,20-21H,4,9-16H2,1-3H3,(H2,24,25,26);1H. The Hall–Kier alpha value is -0.970. The van der Waals surface area contributed by atoms with E-state index in [9.17, 15) is 4.39 Å². The number of likely N-dealkylation sites (N-methyl/N-ethyl adjacent to an activating group) is 1. The first-order valence-electron chi connectivity index (χ1n) is 10.9. The number of morpholine rings is 1. The normalized spacial score (nSPS) is 19.8. The number of nitrogens with zero attached hydrogens (tertiary/aromatic N) is 3. The lowest BCUT2D eigenvalue weighted by Crippen LogP contribution is -2.46. The molecule has 170 valence electrons. The molecule has 2 unspecified atom stereocenters. The highest BCUT2D eigenvalue weighted by molar-refractivity contribution is 14.0. The minimum Gasteiger partial charge on any atom is -0.379 e. The zero-order valence-corrected chi connectivity index (χ0v) is 20.8. The molecule has 0 spiro atoms. The molecule has 1 saturated heterocycles. The fourth-order valence-electron chi connectivity index (χ4n) is 3.76. The van der Waals surface area contributed by atoms with Crippen LogP contribution in [-0.2, 0) is 4.74 Å². The predicted molar refractivity (Wildman–Crippen MR) is 131 cm³/mol. The van der Waals surface area contributed by atoms with Gasteiger partial charge in [0.2, 0.25) is 0 Å². The lowest BCUT2D eigenvalue weighted by molar-refractivity contribution is 0.0170. The quantitative estimate of drug-likeness (QED) is 0.291. The van der Waals surface area contributed by atoms with E-state index in [0.29, 0.717) is 12.6 Å². The number of halogens is 2. The highest BCUT2D eigenvalue weighted by Crippen LogP contribution is 2.27. The topological polar surface area (TPSA) is 52.1 Å². The van der Waals surface area contributed by atoms with Crippen LogP contribution < -0.4 is 10.6 Å². The van der Waals surface area contributed by atoms with Crippen molar-refractivity contribution in [2.24, 2.45) is 4.99 Å². The van der Waals surface area contributed by atoms with Crippen LogP contribution in [0.3, 0.4) is 0 Å². The molecule has 1 aromatic carbocycles. The van der Waals surface area contributed by atoms with Crippen molar-refractivity contribution in [2.45, 2.75) is 44.8 Å². The Morgan fingerprint density at radius 2 is 1.90 bits per heavy atom. The van der Waals surface area contributed by atoms with Crippen LogP contribution in [0.1, 0.15) is 38.3 Å². The summed E-state index contributed by atoms with van der Waals surface area (Å²) < 4.78 is 18.9. The molecular formula is C22H37FIN5O. The second kappa shape index (κ2) is 12.8. The lowest BCUT2D eigenvalue weighted by atomic mass is 10.0. The summed E-state index contributed by atoms with van der Waals surface area (Å²) >= 11 is 0. The monoisotopic (exact) mass is 533 g/mol. The summed E-state index contributed by atoms with van der Waals surface area (Å²) in [7, 11) is 2.20. The molecule has 1 saturated carbocycles. The average molecular weight is 533 g/mol. The van der Waals surface area contributed by atoms with Crippen molar-refractivity contribution >= 4 is 29.9 Å². The van der Waals surface area contributed by atoms with E-state index in [1.807, 2.05) is 12.1 Å². The second-order valence-electron chi connectivity index (χ2n) is 8.06. The van der Waals surface area contributed by atoms with Crippen molar-refractivity contribution < 1.29 is 9.13 Å². The summed E-state index contributed by atoms with van der Waals surface area (Å²) in [6.07, 6.45) is 2.61. The Labute approximate surface area is 197 Å². The maximum absolute atomic E-state index is 13.4. The van der Waals surface area contributed by atoms with E-state index in [1.54, 1.807) is 0 Å². The summed E-state index contributed by atoms with van der Waals surface area (Å²) in [6, 6.07) is 8.15. The zero-order valence-electron chi connectivity index (χ0n) is 18.4. The first kappa shape index (κ1) is 25.3. The van der Waals surface area contributed by atoms with Crippen LogP contribution in [0.15, 0.2) is 29.3 Å². The van der Waals surface area contributed by atoms with Gasteiger partial charge in [0.25, 0.3) is 0 Å². The smallest absolute Gasteiger partial charge is 0.191 e. The Morgan fingerprint density at radius 1 is 1.23 bits per heavy atom. The van der Waals surface area contributed by atoms with Gasteiger partial charge >= 0.3 is 0 Å². The third kappa shape index (κ3) is 7.62. The first-order valence-corrected chi connectivity index (χ1v) is 10.9. The Balaban J connectivity index is 0.00000320. The molecule has 1 aliphatic heterocycles. The van der Waals surface area contributed by atoms with Gasteiger partial charge in [-0.3, -0.25) is 14.8 Å². The molecule has 0 aromatic heterocycles. The second-order valence-corrected chi connectivity index (χ2v) is 8.06. The molecule has 6 nitrogen and oxygen atoms in total. The van der Waals surface area contributed by atoms with E-state index in [2.05, 4.69) is 41.3 Å². The van der Waals surface area contributed by atoms with E-state index < -0.39 is 0 Å². The van der Waals surface area contributed by atoms with Crippen LogP contribution in [0.2, 0.25) is 0 Å². The number of guanidine groups is 1. The van der Waals surface area contributed by atoms with Crippen LogP contribution in [0.4, 0.5) is 4.39 Å². The van der Waals surface area contributed by atoms with Gasteiger partial charge < -0.3 is 15.4 Å². The van der Waals surface area contributed by atoms with Gasteiger partial charge in [0, 0.05) is 38.3 Å². The highest BCUT2D eigenvalue weighted by Gasteiger charge is 2.29. The number of hydrogen-bond donors (Lipinski definition) is 2. The minimum absolute atomic E-state index is 0. The molecular weight excluding hydrogens is 496 g/mol. The van der Waals surface area contributed by atoms with Gasteiger partial charge in [-0.05, 0) is 51.4 Å². The van der Waals surface area contributed by atoms with Gasteiger partial charge in [0.15, 0.2) is 5.96 Å². The summed E-state index contributed by atoms with van der Waals surface area (Å²) in [5.41, 5.74) is 1.11. The van der Waals surface area contributed by atoms with E-state index in [-0.39, 0.29) is 35.8 Å². The fourth-order valence-corrected chi connectivity index (χ4v) is 3.76. The van der Waals surface area contributed by atoms with Gasteiger partial charge in [0.05, 0.1) is 25.8 Å². The summed E-state index contributed by atoms with van der Waals surface area (Å²) in [6.45, 7) is 9.83. The lowest BCUT2D eigenvalue weighted by Gasteiger charge is -2.35. The number of ether oxygens (including phenoxy) is 1. The van der Waals surface area contributed by atoms with Gasteiger partial charge in [0.1, 0.15) is 5.82 Å². The van der Waals surface area contributed by atoms with Crippen LogP contribution in [0, 0.1) is 5.82 Å². The molecule has 1 heterocycles. The van der Waals surface area contributed by atoms with Crippen LogP contribution in [0.25, 0.3) is 0 Å². The average Bonchev–Trinajstić information content (AvgIpc) is 3.58. The molecule has 2 fully saturated rings. The predicted octanol–water partition coefficient (Wildman–Crippen LogP) is 2.85. The van der Waals surface area contributed by atoms with Crippen LogP contribution >= 0.6 is 24.0 Å². The van der Waals surface area contributed by atoms with Crippen LogP contribution in [0.5, 0.6) is 0 Å². The van der Waals surface area contributed by atoms with Gasteiger partial charge in [-0.25, -0.2) is 4.39 Å². The van der Waals surface area contributed by atoms with E-state index in [0.717, 1.165) is 57.0 Å². The molecule has 3 rings (SSSR count). The van der Waals surface area contributed by atoms with E-state index in [1.165, 1.54) is 25.0 Å². The number of aliphatic imine (C=N–C) groups is 1. The molecule has 30 heavy (non-hydrogen) atoms. The molecule has 2 aliphatic rings. The van der Waals surface area contributed by atoms with Crippen molar-refractivity contribution in [1.29, 1.82) is 0 Å². The van der Waals surface area contributed by atoms with Gasteiger partial charge in [-0.2, -0.15) is 0 Å². The highest BCUT2D eigenvalue weighted by atomic mass is 127. The number of benzene rings is 1. The SMILES string of the molecule is CCNC(=NCC(C)N(C)C1CC1)NCC(c1ccc(F)cc1)N1CCOCC1.I. The zero-order chi connectivity index (χ0) is 20.6. The Bertz CT molecular complexity index is 649. The van der Waals surface area contributed by atoms with Crippen molar-refractivity contribution in [2.75, 3.05) is 53.0 Å².